The standard InChI is InChI=1S/C15H14O3/c1-10-2-4-11(5-3-10)8-12-9-13(16)6-7-14(12)15(17)18/h2-7,9,16H,8H2,1H3,(H,17,18). The molecule has 0 fully saturated rings. The number of benzene rings is 2. The van der Waals surface area contributed by atoms with Crippen LogP contribution in [0.3, 0.4) is 0 Å². The van der Waals surface area contributed by atoms with Crippen molar-refractivity contribution in [3.63, 3.8) is 0 Å². The zero-order valence-electron chi connectivity index (χ0n) is 10.1. The summed E-state index contributed by atoms with van der Waals surface area (Å²) in [6, 6.07) is 12.2. The Hall–Kier alpha value is -2.29. The average Bonchev–Trinajstić information content (AvgIpc) is 2.32. The van der Waals surface area contributed by atoms with Gasteiger partial charge in [0.1, 0.15) is 5.75 Å². The molecule has 18 heavy (non-hydrogen) atoms. The Morgan fingerprint density at radius 3 is 2.39 bits per heavy atom. The molecule has 0 aliphatic rings. The van der Waals surface area contributed by atoms with Crippen molar-refractivity contribution in [1.29, 1.82) is 0 Å². The number of carboxylic acids is 1. The maximum absolute atomic E-state index is 11.1. The summed E-state index contributed by atoms with van der Waals surface area (Å²) in [6.45, 7) is 2.00. The van der Waals surface area contributed by atoms with Crippen molar-refractivity contribution in [1.82, 2.24) is 0 Å². The number of aromatic hydroxyl groups is 1. The Balaban J connectivity index is 2.35. The summed E-state index contributed by atoms with van der Waals surface area (Å²) in [4.78, 5) is 11.1. The molecule has 0 aliphatic heterocycles. The highest BCUT2D eigenvalue weighted by Gasteiger charge is 2.11. The number of carbonyl (C=O) groups is 1. The number of phenols is 1. The van der Waals surface area contributed by atoms with E-state index in [0.29, 0.717) is 12.0 Å². The number of aromatic carboxylic acids is 1. The Labute approximate surface area is 105 Å². The number of aryl methyl sites for hydroxylation is 1. The molecule has 0 amide bonds. The highest BCUT2D eigenvalue weighted by molar-refractivity contribution is 5.89. The summed E-state index contributed by atoms with van der Waals surface area (Å²) in [5, 5.41) is 18.5. The molecule has 2 rings (SSSR count). The monoisotopic (exact) mass is 242 g/mol. The fourth-order valence-electron chi connectivity index (χ4n) is 1.86. The van der Waals surface area contributed by atoms with E-state index in [1.54, 1.807) is 0 Å². The van der Waals surface area contributed by atoms with Crippen LogP contribution in [-0.2, 0) is 6.42 Å². The van der Waals surface area contributed by atoms with E-state index in [0.717, 1.165) is 11.1 Å². The quantitative estimate of drug-likeness (QED) is 0.869. The van der Waals surface area contributed by atoms with Gasteiger partial charge in [-0.15, -0.1) is 0 Å². The Morgan fingerprint density at radius 2 is 1.78 bits per heavy atom. The highest BCUT2D eigenvalue weighted by atomic mass is 16.4. The lowest BCUT2D eigenvalue weighted by molar-refractivity contribution is 0.0696. The van der Waals surface area contributed by atoms with E-state index < -0.39 is 5.97 Å². The second-order valence-corrected chi connectivity index (χ2v) is 4.31. The first kappa shape index (κ1) is 12.2. The Bertz CT molecular complexity index is 571. The van der Waals surface area contributed by atoms with E-state index >= 15 is 0 Å². The lowest BCUT2D eigenvalue weighted by Crippen LogP contribution is -2.02. The molecule has 0 aliphatic carbocycles. The summed E-state index contributed by atoms with van der Waals surface area (Å²) in [7, 11) is 0. The molecule has 92 valence electrons. The van der Waals surface area contributed by atoms with Gasteiger partial charge in [0.2, 0.25) is 0 Å². The van der Waals surface area contributed by atoms with Gasteiger partial charge >= 0.3 is 5.97 Å². The molecular weight excluding hydrogens is 228 g/mol. The van der Waals surface area contributed by atoms with E-state index in [1.807, 2.05) is 31.2 Å². The second-order valence-electron chi connectivity index (χ2n) is 4.31. The van der Waals surface area contributed by atoms with Crippen LogP contribution in [-0.4, -0.2) is 16.2 Å². The predicted molar refractivity (Wildman–Crippen MR) is 69.1 cm³/mol. The van der Waals surface area contributed by atoms with Gasteiger partial charge in [0.25, 0.3) is 0 Å². The summed E-state index contributed by atoms with van der Waals surface area (Å²) in [5.41, 5.74) is 3.03. The molecule has 0 heterocycles. The summed E-state index contributed by atoms with van der Waals surface area (Å²) >= 11 is 0. The highest BCUT2D eigenvalue weighted by Crippen LogP contribution is 2.20. The number of rotatable bonds is 3. The summed E-state index contributed by atoms with van der Waals surface area (Å²) in [6.07, 6.45) is 0.496. The number of hydrogen-bond donors (Lipinski definition) is 2. The molecule has 0 unspecified atom stereocenters. The minimum absolute atomic E-state index is 0.0853. The molecule has 0 bridgehead atoms. The summed E-state index contributed by atoms with van der Waals surface area (Å²) < 4.78 is 0. The van der Waals surface area contributed by atoms with Gasteiger partial charge in [-0.1, -0.05) is 29.8 Å². The van der Waals surface area contributed by atoms with Crippen LogP contribution in [0.15, 0.2) is 42.5 Å². The maximum atomic E-state index is 11.1. The summed E-state index contributed by atoms with van der Waals surface area (Å²) in [5.74, 6) is -0.890. The van der Waals surface area contributed by atoms with E-state index in [1.165, 1.54) is 18.2 Å². The van der Waals surface area contributed by atoms with Crippen LogP contribution in [0.25, 0.3) is 0 Å². The van der Waals surface area contributed by atoms with Gasteiger partial charge < -0.3 is 10.2 Å². The average molecular weight is 242 g/mol. The SMILES string of the molecule is Cc1ccc(Cc2cc(O)ccc2C(=O)O)cc1. The van der Waals surface area contributed by atoms with Crippen molar-refractivity contribution < 1.29 is 15.0 Å². The Morgan fingerprint density at radius 1 is 1.11 bits per heavy atom. The van der Waals surface area contributed by atoms with Crippen LogP contribution in [0, 0.1) is 6.92 Å². The molecule has 0 saturated carbocycles. The molecular formula is C15H14O3. The van der Waals surface area contributed by atoms with Crippen molar-refractivity contribution in [3.8, 4) is 5.75 Å². The van der Waals surface area contributed by atoms with Gasteiger partial charge in [-0.25, -0.2) is 4.79 Å². The fourth-order valence-corrected chi connectivity index (χ4v) is 1.86. The van der Waals surface area contributed by atoms with Gasteiger partial charge in [-0.3, -0.25) is 0 Å². The van der Waals surface area contributed by atoms with E-state index in [2.05, 4.69) is 0 Å². The van der Waals surface area contributed by atoms with Crippen LogP contribution in [0.4, 0.5) is 0 Å². The first-order valence-corrected chi connectivity index (χ1v) is 5.67. The first-order chi connectivity index (χ1) is 8.56. The molecule has 0 saturated heterocycles. The largest absolute Gasteiger partial charge is 0.508 e. The molecule has 0 radical (unpaired) electrons. The van der Waals surface area contributed by atoms with E-state index in [-0.39, 0.29) is 11.3 Å². The van der Waals surface area contributed by atoms with Crippen molar-refractivity contribution in [2.45, 2.75) is 13.3 Å². The van der Waals surface area contributed by atoms with Gasteiger partial charge in [-0.2, -0.15) is 0 Å². The van der Waals surface area contributed by atoms with E-state index in [4.69, 9.17) is 5.11 Å². The number of hydrogen-bond acceptors (Lipinski definition) is 2. The topological polar surface area (TPSA) is 57.5 Å². The zero-order chi connectivity index (χ0) is 13.1. The normalized spacial score (nSPS) is 10.3. The minimum atomic E-state index is -0.975. The zero-order valence-corrected chi connectivity index (χ0v) is 10.1. The van der Waals surface area contributed by atoms with Crippen molar-refractivity contribution in [3.05, 3.63) is 64.7 Å². The third-order valence-corrected chi connectivity index (χ3v) is 2.83. The molecule has 0 spiro atoms. The lowest BCUT2D eigenvalue weighted by atomic mass is 9.99. The second kappa shape index (κ2) is 4.92. The molecule has 3 nitrogen and oxygen atoms in total. The van der Waals surface area contributed by atoms with Crippen molar-refractivity contribution >= 4 is 5.97 Å². The van der Waals surface area contributed by atoms with Crippen LogP contribution < -0.4 is 0 Å². The molecule has 2 N–H and O–H groups in total. The maximum Gasteiger partial charge on any atom is 0.335 e. The van der Waals surface area contributed by atoms with Gasteiger partial charge in [0.05, 0.1) is 5.56 Å². The third-order valence-electron chi connectivity index (χ3n) is 2.83. The van der Waals surface area contributed by atoms with Gasteiger partial charge in [0.15, 0.2) is 0 Å². The smallest absolute Gasteiger partial charge is 0.335 e. The van der Waals surface area contributed by atoms with Gasteiger partial charge in [-0.05, 0) is 42.7 Å². The minimum Gasteiger partial charge on any atom is -0.508 e. The molecule has 2 aromatic carbocycles. The Kier molecular flexibility index (Phi) is 3.33. The molecule has 2 aromatic rings. The molecule has 0 atom stereocenters. The first-order valence-electron chi connectivity index (χ1n) is 5.67. The van der Waals surface area contributed by atoms with Crippen LogP contribution in [0.5, 0.6) is 5.75 Å². The number of carboxylic acid groups (broad SMARTS) is 1. The van der Waals surface area contributed by atoms with Gasteiger partial charge in [0, 0.05) is 0 Å². The fraction of sp³-hybridized carbons (Fsp3) is 0.133. The van der Waals surface area contributed by atoms with E-state index in [9.17, 15) is 9.90 Å². The van der Waals surface area contributed by atoms with Crippen molar-refractivity contribution in [2.24, 2.45) is 0 Å². The van der Waals surface area contributed by atoms with Crippen LogP contribution in [0.2, 0.25) is 0 Å². The van der Waals surface area contributed by atoms with Crippen LogP contribution >= 0.6 is 0 Å². The van der Waals surface area contributed by atoms with Crippen molar-refractivity contribution in [2.75, 3.05) is 0 Å². The molecule has 0 aromatic heterocycles. The molecule has 3 heteroatoms. The lowest BCUT2D eigenvalue weighted by Gasteiger charge is -2.07. The predicted octanol–water partition coefficient (Wildman–Crippen LogP) is 2.99. The number of phenolic OH excluding ortho intramolecular Hbond substituents is 1. The third kappa shape index (κ3) is 2.69. The van der Waals surface area contributed by atoms with Crippen LogP contribution in [0.1, 0.15) is 27.0 Å².